The largest absolute Gasteiger partial charge is 0.387 e. The highest BCUT2D eigenvalue weighted by Crippen LogP contribution is 2.07. The van der Waals surface area contributed by atoms with E-state index < -0.39 is 0 Å². The summed E-state index contributed by atoms with van der Waals surface area (Å²) in [5.41, 5.74) is 2.79. The van der Waals surface area contributed by atoms with E-state index in [1.54, 1.807) is 0 Å². The van der Waals surface area contributed by atoms with Crippen LogP contribution in [0.1, 0.15) is 13.8 Å². The van der Waals surface area contributed by atoms with Crippen LogP contribution in [0, 0.1) is 0 Å². The summed E-state index contributed by atoms with van der Waals surface area (Å²) in [4.78, 5) is 2.26. The SMILES string of the molecule is C/C1=C(\C)N(C)C/C=C\NC1. The minimum atomic E-state index is 0.965. The van der Waals surface area contributed by atoms with Crippen LogP contribution in [0.3, 0.4) is 0 Å². The Morgan fingerprint density at radius 1 is 1.45 bits per heavy atom. The molecule has 0 unspecified atom stereocenters. The highest BCUT2D eigenvalue weighted by atomic mass is 15.1. The van der Waals surface area contributed by atoms with Gasteiger partial charge in [-0.15, -0.1) is 0 Å². The van der Waals surface area contributed by atoms with Gasteiger partial charge in [-0.2, -0.15) is 0 Å². The molecule has 11 heavy (non-hydrogen) atoms. The minimum absolute atomic E-state index is 0.965. The second kappa shape index (κ2) is 3.46. The monoisotopic (exact) mass is 152 g/mol. The molecule has 0 aromatic carbocycles. The Morgan fingerprint density at radius 2 is 2.18 bits per heavy atom. The Morgan fingerprint density at radius 3 is 2.91 bits per heavy atom. The standard InChI is InChI=1S/C9H16N2/c1-8-7-10-5-4-6-11(3)9(8)2/h4-5,10H,6-7H2,1-3H3/b5-4-,9-8-. The van der Waals surface area contributed by atoms with Gasteiger partial charge in [-0.3, -0.25) is 0 Å². The van der Waals surface area contributed by atoms with E-state index >= 15 is 0 Å². The maximum atomic E-state index is 3.22. The Kier molecular flexibility index (Phi) is 2.58. The average Bonchev–Trinajstić information content (AvgIpc) is 2.00. The zero-order valence-corrected chi connectivity index (χ0v) is 7.52. The molecule has 0 saturated heterocycles. The number of likely N-dealkylation sites (N-methyl/N-ethyl adjacent to an activating group) is 1. The molecule has 62 valence electrons. The Bertz CT molecular complexity index is 192. The second-order valence-corrected chi connectivity index (χ2v) is 3.03. The highest BCUT2D eigenvalue weighted by molar-refractivity contribution is 5.13. The van der Waals surface area contributed by atoms with Crippen molar-refractivity contribution in [3.05, 3.63) is 23.5 Å². The first-order valence-electron chi connectivity index (χ1n) is 3.97. The van der Waals surface area contributed by atoms with Crippen molar-refractivity contribution in [3.63, 3.8) is 0 Å². The molecule has 1 heterocycles. The molecular weight excluding hydrogens is 136 g/mol. The van der Waals surface area contributed by atoms with E-state index in [1.165, 1.54) is 11.3 Å². The van der Waals surface area contributed by atoms with Gasteiger partial charge in [0.2, 0.25) is 0 Å². The summed E-state index contributed by atoms with van der Waals surface area (Å²) in [6.07, 6.45) is 4.16. The molecule has 0 aromatic rings. The quantitative estimate of drug-likeness (QED) is 0.563. The van der Waals surface area contributed by atoms with Gasteiger partial charge in [0.25, 0.3) is 0 Å². The van der Waals surface area contributed by atoms with Crippen molar-refractivity contribution in [2.24, 2.45) is 0 Å². The third kappa shape index (κ3) is 2.00. The lowest BCUT2D eigenvalue weighted by molar-refractivity contribution is 0.454. The number of nitrogens with zero attached hydrogens (tertiary/aromatic N) is 1. The zero-order valence-electron chi connectivity index (χ0n) is 7.52. The molecule has 0 fully saturated rings. The molecule has 0 amide bonds. The summed E-state index contributed by atoms with van der Waals surface area (Å²) in [5, 5.41) is 3.22. The number of hydrogen-bond acceptors (Lipinski definition) is 2. The van der Waals surface area contributed by atoms with Crippen LogP contribution >= 0.6 is 0 Å². The Balaban J connectivity index is 2.72. The van der Waals surface area contributed by atoms with E-state index in [0.29, 0.717) is 0 Å². The molecule has 0 radical (unpaired) electrons. The van der Waals surface area contributed by atoms with Crippen LogP contribution < -0.4 is 5.32 Å². The fourth-order valence-corrected chi connectivity index (χ4v) is 1.10. The van der Waals surface area contributed by atoms with Gasteiger partial charge in [0.15, 0.2) is 0 Å². The fourth-order valence-electron chi connectivity index (χ4n) is 1.10. The summed E-state index contributed by atoms with van der Waals surface area (Å²) in [6.45, 7) is 6.29. The van der Waals surface area contributed by atoms with Crippen LogP contribution in [0.15, 0.2) is 23.5 Å². The van der Waals surface area contributed by atoms with Crippen LogP contribution in [0.25, 0.3) is 0 Å². The van der Waals surface area contributed by atoms with Gasteiger partial charge in [0.1, 0.15) is 0 Å². The normalized spacial score (nSPS) is 28.8. The average molecular weight is 152 g/mol. The van der Waals surface area contributed by atoms with Crippen molar-refractivity contribution in [3.8, 4) is 0 Å². The van der Waals surface area contributed by atoms with Crippen LogP contribution in [-0.2, 0) is 0 Å². The molecule has 2 heteroatoms. The summed E-state index contributed by atoms with van der Waals surface area (Å²) in [6, 6.07) is 0. The van der Waals surface area contributed by atoms with Gasteiger partial charge in [-0.25, -0.2) is 0 Å². The highest BCUT2D eigenvalue weighted by Gasteiger charge is 2.02. The van der Waals surface area contributed by atoms with Crippen molar-refractivity contribution < 1.29 is 0 Å². The van der Waals surface area contributed by atoms with Crippen LogP contribution in [0.4, 0.5) is 0 Å². The number of nitrogens with one attached hydrogen (secondary N) is 1. The molecule has 0 atom stereocenters. The third-order valence-corrected chi connectivity index (χ3v) is 2.17. The second-order valence-electron chi connectivity index (χ2n) is 3.03. The van der Waals surface area contributed by atoms with Crippen LogP contribution in [-0.4, -0.2) is 25.0 Å². The van der Waals surface area contributed by atoms with Gasteiger partial charge in [-0.05, 0) is 31.7 Å². The lowest BCUT2D eigenvalue weighted by Crippen LogP contribution is -2.23. The van der Waals surface area contributed by atoms with Crippen molar-refractivity contribution in [2.45, 2.75) is 13.8 Å². The van der Waals surface area contributed by atoms with Gasteiger partial charge in [0.05, 0.1) is 0 Å². The van der Waals surface area contributed by atoms with Crippen molar-refractivity contribution in [1.82, 2.24) is 10.2 Å². The first kappa shape index (κ1) is 8.18. The third-order valence-electron chi connectivity index (χ3n) is 2.17. The topological polar surface area (TPSA) is 15.3 Å². The van der Waals surface area contributed by atoms with Gasteiger partial charge < -0.3 is 10.2 Å². The first-order valence-corrected chi connectivity index (χ1v) is 3.97. The fraction of sp³-hybridized carbons (Fsp3) is 0.556. The van der Waals surface area contributed by atoms with E-state index in [1.807, 2.05) is 6.20 Å². The predicted octanol–water partition coefficient (Wildman–Crippen LogP) is 1.33. The van der Waals surface area contributed by atoms with E-state index in [2.05, 4.69) is 37.2 Å². The maximum absolute atomic E-state index is 3.22. The molecule has 1 aliphatic rings. The Labute approximate surface area is 68.6 Å². The summed E-state index contributed by atoms with van der Waals surface area (Å²) >= 11 is 0. The predicted molar refractivity (Wildman–Crippen MR) is 48.1 cm³/mol. The molecule has 1 N–H and O–H groups in total. The van der Waals surface area contributed by atoms with Crippen LogP contribution in [0.5, 0.6) is 0 Å². The molecule has 1 aliphatic heterocycles. The minimum Gasteiger partial charge on any atom is -0.387 e. The van der Waals surface area contributed by atoms with Crippen LogP contribution in [0.2, 0.25) is 0 Å². The zero-order chi connectivity index (χ0) is 8.27. The lowest BCUT2D eigenvalue weighted by atomic mass is 10.2. The van der Waals surface area contributed by atoms with Gasteiger partial charge in [-0.1, -0.05) is 0 Å². The molecule has 0 saturated carbocycles. The van der Waals surface area contributed by atoms with Crippen molar-refractivity contribution in [1.29, 1.82) is 0 Å². The number of allylic oxidation sites excluding steroid dienone is 1. The van der Waals surface area contributed by atoms with E-state index in [4.69, 9.17) is 0 Å². The molecule has 1 rings (SSSR count). The van der Waals surface area contributed by atoms with Crippen molar-refractivity contribution >= 4 is 0 Å². The number of rotatable bonds is 0. The lowest BCUT2D eigenvalue weighted by Gasteiger charge is -2.22. The summed E-state index contributed by atoms with van der Waals surface area (Å²) in [5.74, 6) is 0. The maximum Gasteiger partial charge on any atom is 0.0371 e. The molecule has 0 bridgehead atoms. The molecule has 0 aromatic heterocycles. The van der Waals surface area contributed by atoms with E-state index in [9.17, 15) is 0 Å². The van der Waals surface area contributed by atoms with Crippen molar-refractivity contribution in [2.75, 3.05) is 20.1 Å². The van der Waals surface area contributed by atoms with Gasteiger partial charge >= 0.3 is 0 Å². The Hall–Kier alpha value is -0.920. The summed E-state index contributed by atoms with van der Waals surface area (Å²) in [7, 11) is 2.12. The molecular formula is C9H16N2. The number of hydrogen-bond donors (Lipinski definition) is 1. The smallest absolute Gasteiger partial charge is 0.0371 e. The van der Waals surface area contributed by atoms with E-state index in [0.717, 1.165) is 13.1 Å². The first-order chi connectivity index (χ1) is 5.22. The summed E-state index contributed by atoms with van der Waals surface area (Å²) < 4.78 is 0. The molecule has 0 spiro atoms. The van der Waals surface area contributed by atoms with Gasteiger partial charge in [0, 0.05) is 25.8 Å². The molecule has 2 nitrogen and oxygen atoms in total. The molecule has 0 aliphatic carbocycles. The van der Waals surface area contributed by atoms with E-state index in [-0.39, 0.29) is 0 Å².